The Morgan fingerprint density at radius 2 is 2.26 bits per heavy atom. The van der Waals surface area contributed by atoms with Crippen molar-refractivity contribution in [3.63, 3.8) is 0 Å². The van der Waals surface area contributed by atoms with Gasteiger partial charge in [-0.3, -0.25) is 4.79 Å². The van der Waals surface area contributed by atoms with E-state index in [4.69, 9.17) is 0 Å². The second-order valence-electron chi connectivity index (χ2n) is 4.73. The Bertz CT molecular complexity index is 440. The Morgan fingerprint density at radius 1 is 1.53 bits per heavy atom. The summed E-state index contributed by atoms with van der Waals surface area (Å²) in [5.41, 5.74) is 3.41. The van der Waals surface area contributed by atoms with Gasteiger partial charge in [-0.15, -0.1) is 0 Å². The van der Waals surface area contributed by atoms with Gasteiger partial charge < -0.3 is 5.32 Å². The maximum atomic E-state index is 11.9. The summed E-state index contributed by atoms with van der Waals surface area (Å²) in [5, 5.41) is 2.92. The fraction of sp³-hybridized carbons (Fsp3) is 0.353. The Balaban J connectivity index is 2.46. The summed E-state index contributed by atoms with van der Waals surface area (Å²) in [6.07, 6.45) is 9.92. The number of nitrogens with one attached hydrogen (secondary N) is 1. The van der Waals surface area contributed by atoms with E-state index < -0.39 is 0 Å². The second kappa shape index (κ2) is 7.57. The minimum Gasteiger partial charge on any atom is -0.352 e. The van der Waals surface area contributed by atoms with Crippen LogP contribution >= 0.6 is 0 Å². The first-order valence-corrected chi connectivity index (χ1v) is 6.71. The first-order valence-electron chi connectivity index (χ1n) is 6.71. The van der Waals surface area contributed by atoms with E-state index in [-0.39, 0.29) is 5.91 Å². The van der Waals surface area contributed by atoms with Crippen LogP contribution in [0.5, 0.6) is 0 Å². The molecule has 0 aromatic carbocycles. The Hall–Kier alpha value is -1.83. The van der Waals surface area contributed by atoms with E-state index in [1.165, 1.54) is 11.1 Å². The van der Waals surface area contributed by atoms with Gasteiger partial charge in [0.15, 0.2) is 0 Å². The van der Waals surface area contributed by atoms with E-state index in [1.807, 2.05) is 6.08 Å². The van der Waals surface area contributed by atoms with Crippen molar-refractivity contribution >= 4 is 5.91 Å². The lowest BCUT2D eigenvalue weighted by Crippen LogP contribution is -2.28. The maximum absolute atomic E-state index is 11.9. The molecule has 1 atom stereocenters. The Kier molecular flexibility index (Phi) is 6.07. The van der Waals surface area contributed by atoms with Gasteiger partial charge in [0.1, 0.15) is 0 Å². The van der Waals surface area contributed by atoms with Crippen LogP contribution in [-0.4, -0.2) is 12.5 Å². The van der Waals surface area contributed by atoms with Gasteiger partial charge in [-0.1, -0.05) is 51.0 Å². The smallest absolute Gasteiger partial charge is 0.220 e. The predicted molar refractivity (Wildman–Crippen MR) is 81.7 cm³/mol. The molecule has 2 nitrogen and oxygen atoms in total. The molecule has 1 amide bonds. The molecule has 0 aliphatic heterocycles. The molecule has 0 radical (unpaired) electrons. The molecule has 0 heterocycles. The molecular weight excluding hydrogens is 234 g/mol. The van der Waals surface area contributed by atoms with Crippen molar-refractivity contribution in [1.29, 1.82) is 0 Å². The highest BCUT2D eigenvalue weighted by Crippen LogP contribution is 2.34. The zero-order valence-electron chi connectivity index (χ0n) is 11.7. The molecule has 0 aromatic heterocycles. The van der Waals surface area contributed by atoms with Gasteiger partial charge in [-0.2, -0.15) is 0 Å². The number of hydrogen-bond donors (Lipinski definition) is 1. The van der Waals surface area contributed by atoms with E-state index in [9.17, 15) is 4.79 Å². The summed E-state index contributed by atoms with van der Waals surface area (Å²) in [5.74, 6) is 0.376. The van der Waals surface area contributed by atoms with Crippen LogP contribution in [0.2, 0.25) is 0 Å². The van der Waals surface area contributed by atoms with Crippen LogP contribution in [-0.2, 0) is 4.79 Å². The summed E-state index contributed by atoms with van der Waals surface area (Å²) in [7, 11) is 0. The normalized spacial score (nSPS) is 16.2. The molecular formula is C17H23NO. The molecule has 0 aromatic rings. The maximum Gasteiger partial charge on any atom is 0.220 e. The van der Waals surface area contributed by atoms with E-state index in [1.54, 1.807) is 12.2 Å². The van der Waals surface area contributed by atoms with Crippen LogP contribution in [0, 0.1) is 5.92 Å². The monoisotopic (exact) mass is 257 g/mol. The third-order valence-corrected chi connectivity index (χ3v) is 3.42. The van der Waals surface area contributed by atoms with Crippen molar-refractivity contribution in [1.82, 2.24) is 5.32 Å². The predicted octanol–water partition coefficient (Wildman–Crippen LogP) is 3.70. The molecule has 19 heavy (non-hydrogen) atoms. The number of amides is 1. The molecule has 0 fully saturated rings. The average molecular weight is 257 g/mol. The lowest BCUT2D eigenvalue weighted by Gasteiger charge is -2.26. The first-order chi connectivity index (χ1) is 9.12. The van der Waals surface area contributed by atoms with Crippen molar-refractivity contribution in [3.8, 4) is 0 Å². The molecule has 1 N–H and O–H groups in total. The molecule has 0 saturated carbocycles. The van der Waals surface area contributed by atoms with Crippen molar-refractivity contribution in [3.05, 3.63) is 60.8 Å². The van der Waals surface area contributed by atoms with Crippen LogP contribution in [0.3, 0.4) is 0 Å². The average Bonchev–Trinajstić information content (AvgIpc) is 2.40. The van der Waals surface area contributed by atoms with Crippen molar-refractivity contribution in [2.75, 3.05) is 6.54 Å². The fourth-order valence-corrected chi connectivity index (χ4v) is 2.14. The highest BCUT2D eigenvalue weighted by atomic mass is 16.1. The van der Waals surface area contributed by atoms with E-state index in [0.29, 0.717) is 18.9 Å². The number of carbonyl (C=O) groups excluding carboxylic acids is 1. The van der Waals surface area contributed by atoms with Crippen LogP contribution in [0.15, 0.2) is 60.8 Å². The van der Waals surface area contributed by atoms with E-state index in [0.717, 1.165) is 18.4 Å². The number of hydrogen-bond acceptors (Lipinski definition) is 1. The summed E-state index contributed by atoms with van der Waals surface area (Å²) in [6.45, 7) is 13.9. The molecule has 1 rings (SSSR count). The van der Waals surface area contributed by atoms with Crippen LogP contribution in [0.25, 0.3) is 0 Å². The quantitative estimate of drug-likeness (QED) is 0.660. The van der Waals surface area contributed by atoms with Crippen LogP contribution in [0.4, 0.5) is 0 Å². The lowest BCUT2D eigenvalue weighted by atomic mass is 9.80. The first kappa shape index (κ1) is 15.2. The fourth-order valence-electron chi connectivity index (χ4n) is 2.14. The van der Waals surface area contributed by atoms with Gasteiger partial charge in [0.2, 0.25) is 5.91 Å². The van der Waals surface area contributed by atoms with Crippen molar-refractivity contribution < 1.29 is 4.79 Å². The minimum absolute atomic E-state index is 0.0734. The minimum atomic E-state index is 0.0734. The van der Waals surface area contributed by atoms with E-state index >= 15 is 0 Å². The van der Waals surface area contributed by atoms with Crippen molar-refractivity contribution in [2.24, 2.45) is 5.92 Å². The van der Waals surface area contributed by atoms with Gasteiger partial charge in [0.05, 0.1) is 0 Å². The third-order valence-electron chi connectivity index (χ3n) is 3.42. The highest BCUT2D eigenvalue weighted by Gasteiger charge is 2.22. The Labute approximate surface area is 116 Å². The zero-order chi connectivity index (χ0) is 14.3. The molecule has 0 bridgehead atoms. The molecule has 1 aliphatic rings. The van der Waals surface area contributed by atoms with Crippen molar-refractivity contribution in [2.45, 2.75) is 26.2 Å². The highest BCUT2D eigenvalue weighted by molar-refractivity contribution is 5.77. The zero-order valence-corrected chi connectivity index (χ0v) is 11.7. The van der Waals surface area contributed by atoms with Gasteiger partial charge in [0.25, 0.3) is 0 Å². The summed E-state index contributed by atoms with van der Waals surface area (Å²) >= 11 is 0. The largest absolute Gasteiger partial charge is 0.352 e. The lowest BCUT2D eigenvalue weighted by molar-refractivity contribution is -0.121. The van der Waals surface area contributed by atoms with Gasteiger partial charge in [0, 0.05) is 13.0 Å². The topological polar surface area (TPSA) is 29.1 Å². The van der Waals surface area contributed by atoms with Crippen LogP contribution < -0.4 is 5.32 Å². The summed E-state index contributed by atoms with van der Waals surface area (Å²) < 4.78 is 0. The summed E-state index contributed by atoms with van der Waals surface area (Å²) in [4.78, 5) is 11.9. The molecule has 2 heteroatoms. The third kappa shape index (κ3) is 4.40. The number of carbonyl (C=O) groups is 1. The number of rotatable bonds is 8. The van der Waals surface area contributed by atoms with Crippen LogP contribution in [0.1, 0.15) is 26.2 Å². The molecule has 1 aliphatic carbocycles. The van der Waals surface area contributed by atoms with Gasteiger partial charge in [-0.05, 0) is 35.5 Å². The molecule has 102 valence electrons. The molecule has 0 spiro atoms. The molecule has 1 unspecified atom stereocenters. The SMILES string of the molecule is C=C/C=C(\C=C)CNC(=O)CC(CC)C1=CCC1=C. The summed E-state index contributed by atoms with van der Waals surface area (Å²) in [6, 6.07) is 0. The van der Waals surface area contributed by atoms with Gasteiger partial charge in [-0.25, -0.2) is 0 Å². The second-order valence-corrected chi connectivity index (χ2v) is 4.73. The van der Waals surface area contributed by atoms with Gasteiger partial charge >= 0.3 is 0 Å². The molecule has 0 saturated heterocycles. The number of allylic oxidation sites excluding steroid dienone is 5. The van der Waals surface area contributed by atoms with E-state index in [2.05, 4.69) is 38.1 Å². The standard InChI is InChI=1S/C17H23NO/c1-5-8-14(6-2)12-18-17(19)11-15(7-3)16-10-9-13(16)4/h5-6,8,10,15H,1-2,4,7,9,11-12H2,3H3,(H,18,19)/b14-8+. The Morgan fingerprint density at radius 3 is 2.68 bits per heavy atom.